The first kappa shape index (κ1) is 14.5. The molecule has 1 aromatic rings. The summed E-state index contributed by atoms with van der Waals surface area (Å²) in [7, 11) is 0. The van der Waals surface area contributed by atoms with Crippen molar-refractivity contribution in [2.24, 2.45) is 0 Å². The third-order valence-corrected chi connectivity index (χ3v) is 3.36. The highest BCUT2D eigenvalue weighted by Gasteiger charge is 2.23. The average Bonchev–Trinajstić information content (AvgIpc) is 2.49. The zero-order valence-corrected chi connectivity index (χ0v) is 11.7. The molecule has 0 aromatic heterocycles. The van der Waals surface area contributed by atoms with E-state index in [4.69, 9.17) is 4.74 Å². The zero-order valence-electron chi connectivity index (χ0n) is 11.7. The van der Waals surface area contributed by atoms with Crippen molar-refractivity contribution in [2.45, 2.75) is 6.92 Å². The lowest BCUT2D eigenvalue weighted by Gasteiger charge is -2.33. The quantitative estimate of drug-likeness (QED) is 0.785. The van der Waals surface area contributed by atoms with Gasteiger partial charge in [0, 0.05) is 31.7 Å². The van der Waals surface area contributed by atoms with Crippen molar-refractivity contribution in [1.82, 2.24) is 9.80 Å². The molecule has 108 valence electrons. The molecule has 1 aliphatic heterocycles. The molecule has 0 saturated carbocycles. The van der Waals surface area contributed by atoms with E-state index in [2.05, 4.69) is 4.90 Å². The van der Waals surface area contributed by atoms with Crippen molar-refractivity contribution in [3.05, 3.63) is 35.9 Å². The lowest BCUT2D eigenvalue weighted by Crippen LogP contribution is -2.50. The summed E-state index contributed by atoms with van der Waals surface area (Å²) in [5, 5.41) is 0. The summed E-state index contributed by atoms with van der Waals surface area (Å²) in [6.45, 7) is 5.23. The third kappa shape index (κ3) is 3.81. The van der Waals surface area contributed by atoms with Gasteiger partial charge in [-0.25, -0.2) is 4.79 Å². The lowest BCUT2D eigenvalue weighted by atomic mass is 10.1. The average molecular weight is 276 g/mol. The van der Waals surface area contributed by atoms with Crippen molar-refractivity contribution < 1.29 is 14.3 Å². The second kappa shape index (κ2) is 7.05. The summed E-state index contributed by atoms with van der Waals surface area (Å²) in [4.78, 5) is 27.4. The van der Waals surface area contributed by atoms with E-state index in [0.29, 0.717) is 39.3 Å². The van der Waals surface area contributed by atoms with Crippen molar-refractivity contribution in [1.29, 1.82) is 0 Å². The Morgan fingerprint density at radius 1 is 1.10 bits per heavy atom. The molecule has 0 N–H and O–H groups in total. The number of rotatable bonds is 4. The number of ether oxygens (including phenoxy) is 1. The highest BCUT2D eigenvalue weighted by atomic mass is 16.6. The van der Waals surface area contributed by atoms with Gasteiger partial charge in [-0.1, -0.05) is 30.3 Å². The molecule has 0 bridgehead atoms. The smallest absolute Gasteiger partial charge is 0.409 e. The van der Waals surface area contributed by atoms with E-state index in [0.717, 1.165) is 5.56 Å². The number of amides is 1. The number of hydrogen-bond acceptors (Lipinski definition) is 4. The van der Waals surface area contributed by atoms with Crippen LogP contribution in [0.2, 0.25) is 0 Å². The third-order valence-electron chi connectivity index (χ3n) is 3.36. The molecular weight excluding hydrogens is 256 g/mol. The van der Waals surface area contributed by atoms with Gasteiger partial charge in [0.2, 0.25) is 0 Å². The van der Waals surface area contributed by atoms with Gasteiger partial charge in [0.25, 0.3) is 0 Å². The summed E-state index contributed by atoms with van der Waals surface area (Å²) >= 11 is 0. The minimum absolute atomic E-state index is 0.121. The summed E-state index contributed by atoms with van der Waals surface area (Å²) in [5.74, 6) is 0.121. The predicted octanol–water partition coefficient (Wildman–Crippen LogP) is 1.64. The van der Waals surface area contributed by atoms with Gasteiger partial charge in [0.1, 0.15) is 0 Å². The Morgan fingerprint density at radius 2 is 1.75 bits per heavy atom. The Kier molecular flexibility index (Phi) is 5.12. The van der Waals surface area contributed by atoms with Crippen LogP contribution < -0.4 is 0 Å². The Labute approximate surface area is 119 Å². The first-order valence-corrected chi connectivity index (χ1v) is 6.93. The molecule has 0 atom stereocenters. The highest BCUT2D eigenvalue weighted by Crippen LogP contribution is 2.06. The zero-order chi connectivity index (χ0) is 14.4. The monoisotopic (exact) mass is 276 g/mol. The molecule has 1 amide bonds. The molecule has 1 aromatic carbocycles. The van der Waals surface area contributed by atoms with Crippen LogP contribution in [0, 0.1) is 0 Å². The molecule has 0 aliphatic carbocycles. The SMILES string of the molecule is CCOC(=O)N1CCN(CC(=O)c2ccccc2)CC1. The van der Waals surface area contributed by atoms with Crippen molar-refractivity contribution >= 4 is 11.9 Å². The Balaban J connectivity index is 1.80. The maximum Gasteiger partial charge on any atom is 0.409 e. The normalized spacial score (nSPS) is 15.9. The van der Waals surface area contributed by atoms with E-state index < -0.39 is 0 Å². The van der Waals surface area contributed by atoms with E-state index in [1.165, 1.54) is 0 Å². The molecule has 1 fully saturated rings. The summed E-state index contributed by atoms with van der Waals surface area (Å²) < 4.78 is 4.97. The number of ketones is 1. The number of Topliss-reactive ketones (excluding diaryl/α,β-unsaturated/α-hetero) is 1. The number of carbonyl (C=O) groups is 2. The number of nitrogens with zero attached hydrogens (tertiary/aromatic N) is 2. The van der Waals surface area contributed by atoms with E-state index in [-0.39, 0.29) is 11.9 Å². The molecule has 0 radical (unpaired) electrons. The van der Waals surface area contributed by atoms with Crippen molar-refractivity contribution in [3.63, 3.8) is 0 Å². The first-order valence-electron chi connectivity index (χ1n) is 6.93. The van der Waals surface area contributed by atoms with Crippen LogP contribution in [0.15, 0.2) is 30.3 Å². The topological polar surface area (TPSA) is 49.9 Å². The van der Waals surface area contributed by atoms with Gasteiger partial charge in [-0.3, -0.25) is 9.69 Å². The molecule has 0 unspecified atom stereocenters. The maximum atomic E-state index is 12.1. The van der Waals surface area contributed by atoms with Gasteiger partial charge in [-0.15, -0.1) is 0 Å². The summed E-state index contributed by atoms with van der Waals surface area (Å²) in [6, 6.07) is 9.29. The molecule has 1 saturated heterocycles. The van der Waals surface area contributed by atoms with Gasteiger partial charge in [0.05, 0.1) is 13.2 Å². The molecule has 0 spiro atoms. The van der Waals surface area contributed by atoms with Crippen LogP contribution in [0.4, 0.5) is 4.79 Å². The largest absolute Gasteiger partial charge is 0.450 e. The minimum Gasteiger partial charge on any atom is -0.450 e. The maximum absolute atomic E-state index is 12.1. The van der Waals surface area contributed by atoms with E-state index in [9.17, 15) is 9.59 Å². The van der Waals surface area contributed by atoms with Gasteiger partial charge in [-0.05, 0) is 6.92 Å². The fourth-order valence-corrected chi connectivity index (χ4v) is 2.22. The Morgan fingerprint density at radius 3 is 2.35 bits per heavy atom. The van der Waals surface area contributed by atoms with Gasteiger partial charge < -0.3 is 9.64 Å². The number of hydrogen-bond donors (Lipinski definition) is 0. The van der Waals surface area contributed by atoms with Crippen LogP contribution in [-0.4, -0.2) is 61.0 Å². The number of carbonyl (C=O) groups excluding carboxylic acids is 2. The van der Waals surface area contributed by atoms with Crippen LogP contribution in [0.25, 0.3) is 0 Å². The van der Waals surface area contributed by atoms with Crippen LogP contribution in [-0.2, 0) is 4.74 Å². The van der Waals surface area contributed by atoms with Crippen LogP contribution in [0.1, 0.15) is 17.3 Å². The van der Waals surface area contributed by atoms with E-state index in [1.54, 1.807) is 11.8 Å². The van der Waals surface area contributed by atoms with Gasteiger partial charge >= 0.3 is 6.09 Å². The lowest BCUT2D eigenvalue weighted by molar-refractivity contribution is 0.0733. The Bertz CT molecular complexity index is 453. The fourth-order valence-electron chi connectivity index (χ4n) is 2.22. The molecule has 5 heteroatoms. The molecular formula is C15H20N2O3. The van der Waals surface area contributed by atoms with Crippen LogP contribution >= 0.6 is 0 Å². The predicted molar refractivity (Wildman–Crippen MR) is 75.8 cm³/mol. The molecule has 1 aliphatic rings. The van der Waals surface area contributed by atoms with E-state index in [1.807, 2.05) is 30.3 Å². The fraction of sp³-hybridized carbons (Fsp3) is 0.467. The molecule has 1 heterocycles. The second-order valence-electron chi connectivity index (χ2n) is 4.75. The van der Waals surface area contributed by atoms with Crippen LogP contribution in [0.5, 0.6) is 0 Å². The molecule has 20 heavy (non-hydrogen) atoms. The minimum atomic E-state index is -0.262. The number of benzene rings is 1. The highest BCUT2D eigenvalue weighted by molar-refractivity contribution is 5.97. The van der Waals surface area contributed by atoms with Gasteiger partial charge in [0.15, 0.2) is 5.78 Å². The standard InChI is InChI=1S/C15H20N2O3/c1-2-20-15(19)17-10-8-16(9-11-17)12-14(18)13-6-4-3-5-7-13/h3-7H,2,8-12H2,1H3. The summed E-state index contributed by atoms with van der Waals surface area (Å²) in [5.41, 5.74) is 0.736. The van der Waals surface area contributed by atoms with Crippen molar-refractivity contribution in [3.8, 4) is 0 Å². The Hall–Kier alpha value is -1.88. The molecule has 2 rings (SSSR count). The second-order valence-corrected chi connectivity index (χ2v) is 4.75. The number of piperazine rings is 1. The first-order chi connectivity index (χ1) is 9.70. The summed E-state index contributed by atoms with van der Waals surface area (Å²) in [6.07, 6.45) is -0.262. The van der Waals surface area contributed by atoms with E-state index >= 15 is 0 Å². The van der Waals surface area contributed by atoms with Crippen LogP contribution in [0.3, 0.4) is 0 Å². The van der Waals surface area contributed by atoms with Crippen molar-refractivity contribution in [2.75, 3.05) is 39.3 Å². The molecule has 5 nitrogen and oxygen atoms in total. The van der Waals surface area contributed by atoms with Gasteiger partial charge in [-0.2, -0.15) is 0 Å².